The molecule has 0 fully saturated rings. The molecule has 0 aliphatic heterocycles. The Morgan fingerprint density at radius 2 is 2.15 bits per heavy atom. The molecule has 0 aliphatic rings. The highest BCUT2D eigenvalue weighted by Crippen LogP contribution is 2.33. The summed E-state index contributed by atoms with van der Waals surface area (Å²) in [6, 6.07) is 4.08. The smallest absolute Gasteiger partial charge is 0.228 e. The highest BCUT2D eigenvalue weighted by molar-refractivity contribution is 9.10. The van der Waals surface area contributed by atoms with Crippen molar-refractivity contribution in [2.24, 2.45) is 0 Å². The number of methoxy groups -OCH3 is 1. The first kappa shape index (κ1) is 15.3. The summed E-state index contributed by atoms with van der Waals surface area (Å²) in [6.07, 6.45) is 1.44. The Kier molecular flexibility index (Phi) is 5.06. The van der Waals surface area contributed by atoms with E-state index in [1.807, 2.05) is 0 Å². The summed E-state index contributed by atoms with van der Waals surface area (Å²) in [7, 11) is 1.47. The molecule has 0 saturated heterocycles. The van der Waals surface area contributed by atoms with Gasteiger partial charge in [-0.05, 0) is 46.1 Å². The van der Waals surface area contributed by atoms with Crippen molar-refractivity contribution in [3.63, 3.8) is 0 Å². The van der Waals surface area contributed by atoms with E-state index in [0.29, 0.717) is 15.8 Å². The average molecular weight is 382 g/mol. The molecule has 1 aromatic heterocycles. The molecule has 0 saturated carbocycles. The standard InChI is InChI=1S/C12H8BrClF2N2OS/c1-19-12-9(4-6(14)5-17-12)20-18-8-3-2-7(15)10(13)11(8)16/h2-5,18H,1H3. The van der Waals surface area contributed by atoms with Gasteiger partial charge in [-0.15, -0.1) is 0 Å². The van der Waals surface area contributed by atoms with E-state index in [9.17, 15) is 8.78 Å². The molecule has 2 rings (SSSR count). The summed E-state index contributed by atoms with van der Waals surface area (Å²) in [6.45, 7) is 0. The van der Waals surface area contributed by atoms with Crippen molar-refractivity contribution in [3.05, 3.63) is 45.5 Å². The summed E-state index contributed by atoms with van der Waals surface area (Å²) in [5, 5.41) is 0.427. The van der Waals surface area contributed by atoms with Gasteiger partial charge in [-0.3, -0.25) is 0 Å². The molecule has 106 valence electrons. The fraction of sp³-hybridized carbons (Fsp3) is 0.0833. The van der Waals surface area contributed by atoms with Gasteiger partial charge in [-0.25, -0.2) is 13.8 Å². The topological polar surface area (TPSA) is 34.1 Å². The van der Waals surface area contributed by atoms with Crippen LogP contribution < -0.4 is 9.46 Å². The number of benzene rings is 1. The Hall–Kier alpha value is -1.05. The monoisotopic (exact) mass is 380 g/mol. The van der Waals surface area contributed by atoms with Gasteiger partial charge in [0.05, 0.1) is 27.2 Å². The van der Waals surface area contributed by atoms with Crippen LogP contribution in [0.25, 0.3) is 0 Å². The zero-order valence-corrected chi connectivity index (χ0v) is 13.2. The number of hydrogen-bond acceptors (Lipinski definition) is 4. The van der Waals surface area contributed by atoms with Crippen LogP contribution in [0, 0.1) is 11.6 Å². The molecule has 0 aliphatic carbocycles. The molecule has 20 heavy (non-hydrogen) atoms. The lowest BCUT2D eigenvalue weighted by molar-refractivity contribution is 0.387. The minimum Gasteiger partial charge on any atom is -0.480 e. The molecule has 0 unspecified atom stereocenters. The number of nitrogens with one attached hydrogen (secondary N) is 1. The second kappa shape index (κ2) is 6.60. The van der Waals surface area contributed by atoms with Crippen molar-refractivity contribution in [1.82, 2.24) is 4.98 Å². The van der Waals surface area contributed by atoms with E-state index in [1.54, 1.807) is 6.07 Å². The molecule has 2 aromatic rings. The molecule has 8 heteroatoms. The van der Waals surface area contributed by atoms with Crippen molar-refractivity contribution in [1.29, 1.82) is 0 Å². The van der Waals surface area contributed by atoms with Crippen molar-refractivity contribution in [2.75, 3.05) is 11.8 Å². The fourth-order valence-electron chi connectivity index (χ4n) is 1.35. The molecule has 3 nitrogen and oxygen atoms in total. The number of anilines is 1. The number of hydrogen-bond donors (Lipinski definition) is 1. The molecule has 1 N–H and O–H groups in total. The van der Waals surface area contributed by atoms with Crippen LogP contribution in [0.4, 0.5) is 14.5 Å². The molecule has 0 amide bonds. The maximum absolute atomic E-state index is 13.8. The van der Waals surface area contributed by atoms with Crippen LogP contribution in [0.2, 0.25) is 5.02 Å². The Morgan fingerprint density at radius 3 is 2.85 bits per heavy atom. The van der Waals surface area contributed by atoms with E-state index in [0.717, 1.165) is 18.0 Å². The molecule has 0 spiro atoms. The second-order valence-corrected chi connectivity index (χ2v) is 5.67. The Labute approximate surface area is 131 Å². The van der Waals surface area contributed by atoms with Gasteiger partial charge < -0.3 is 9.46 Å². The summed E-state index contributed by atoms with van der Waals surface area (Å²) >= 11 is 9.74. The Bertz CT molecular complexity index is 645. The van der Waals surface area contributed by atoms with Crippen LogP contribution in [0.5, 0.6) is 5.88 Å². The zero-order chi connectivity index (χ0) is 14.7. The second-order valence-electron chi connectivity index (χ2n) is 3.59. The van der Waals surface area contributed by atoms with Crippen LogP contribution in [0.1, 0.15) is 0 Å². The number of ether oxygens (including phenoxy) is 1. The normalized spacial score (nSPS) is 10.4. The number of rotatable bonds is 4. The summed E-state index contributed by atoms with van der Waals surface area (Å²) in [5.41, 5.74) is 0.130. The van der Waals surface area contributed by atoms with Gasteiger partial charge in [0.2, 0.25) is 5.88 Å². The van der Waals surface area contributed by atoms with Gasteiger partial charge >= 0.3 is 0 Å². The molecular formula is C12H8BrClF2N2OS. The first-order chi connectivity index (χ1) is 9.52. The van der Waals surface area contributed by atoms with E-state index in [2.05, 4.69) is 25.6 Å². The van der Waals surface area contributed by atoms with E-state index in [-0.39, 0.29) is 10.2 Å². The number of halogens is 4. The molecular weight excluding hydrogens is 374 g/mol. The predicted molar refractivity (Wildman–Crippen MR) is 79.3 cm³/mol. The lowest BCUT2D eigenvalue weighted by atomic mass is 10.3. The third-order valence-electron chi connectivity index (χ3n) is 2.28. The number of pyridine rings is 1. The fourth-order valence-corrected chi connectivity index (χ4v) is 2.70. The van der Waals surface area contributed by atoms with E-state index in [4.69, 9.17) is 16.3 Å². The van der Waals surface area contributed by atoms with Gasteiger partial charge in [0.15, 0.2) is 5.82 Å². The summed E-state index contributed by atoms with van der Waals surface area (Å²) in [5.74, 6) is -1.03. The van der Waals surface area contributed by atoms with Gasteiger partial charge in [0.1, 0.15) is 5.82 Å². The maximum atomic E-state index is 13.8. The van der Waals surface area contributed by atoms with E-state index in [1.165, 1.54) is 19.4 Å². The number of aromatic nitrogens is 1. The van der Waals surface area contributed by atoms with Crippen LogP contribution in [0.3, 0.4) is 0 Å². The zero-order valence-electron chi connectivity index (χ0n) is 10.1. The van der Waals surface area contributed by atoms with Crippen molar-refractivity contribution in [2.45, 2.75) is 4.90 Å². The van der Waals surface area contributed by atoms with Crippen molar-refractivity contribution < 1.29 is 13.5 Å². The Balaban J connectivity index is 2.21. The molecule has 0 radical (unpaired) electrons. The van der Waals surface area contributed by atoms with E-state index >= 15 is 0 Å². The minimum absolute atomic E-state index is 0.130. The van der Waals surface area contributed by atoms with Gasteiger partial charge in [-0.1, -0.05) is 11.6 Å². The maximum Gasteiger partial charge on any atom is 0.228 e. The predicted octanol–water partition coefficient (Wildman–Crippen LogP) is 4.90. The largest absolute Gasteiger partial charge is 0.480 e. The molecule has 0 atom stereocenters. The third-order valence-corrected chi connectivity index (χ3v) is 4.05. The third kappa shape index (κ3) is 3.34. The average Bonchev–Trinajstić information content (AvgIpc) is 2.44. The summed E-state index contributed by atoms with van der Waals surface area (Å²) in [4.78, 5) is 4.57. The SMILES string of the molecule is COc1ncc(Cl)cc1SNc1ccc(F)c(Br)c1F. The Morgan fingerprint density at radius 1 is 1.40 bits per heavy atom. The van der Waals surface area contributed by atoms with Crippen LogP contribution in [-0.2, 0) is 0 Å². The van der Waals surface area contributed by atoms with Crippen molar-refractivity contribution in [3.8, 4) is 5.88 Å². The highest BCUT2D eigenvalue weighted by atomic mass is 79.9. The van der Waals surface area contributed by atoms with Crippen molar-refractivity contribution >= 4 is 45.2 Å². The van der Waals surface area contributed by atoms with Gasteiger partial charge in [0, 0.05) is 6.20 Å². The number of nitrogens with zero attached hydrogens (tertiary/aromatic N) is 1. The molecule has 1 heterocycles. The van der Waals surface area contributed by atoms with Crippen LogP contribution in [-0.4, -0.2) is 12.1 Å². The van der Waals surface area contributed by atoms with E-state index < -0.39 is 11.6 Å². The summed E-state index contributed by atoms with van der Waals surface area (Å²) < 4.78 is 34.5. The first-order valence-corrected chi connectivity index (χ1v) is 7.27. The van der Waals surface area contributed by atoms with Crippen LogP contribution >= 0.6 is 39.5 Å². The van der Waals surface area contributed by atoms with Crippen LogP contribution in [0.15, 0.2) is 33.8 Å². The first-order valence-electron chi connectivity index (χ1n) is 5.29. The quantitative estimate of drug-likeness (QED) is 0.603. The highest BCUT2D eigenvalue weighted by Gasteiger charge is 2.13. The lowest BCUT2D eigenvalue weighted by Gasteiger charge is -2.10. The minimum atomic E-state index is -0.716. The molecule has 1 aromatic carbocycles. The van der Waals surface area contributed by atoms with Gasteiger partial charge in [0.25, 0.3) is 0 Å². The van der Waals surface area contributed by atoms with Gasteiger partial charge in [-0.2, -0.15) is 0 Å². The lowest BCUT2D eigenvalue weighted by Crippen LogP contribution is -1.96. The molecule has 0 bridgehead atoms.